The van der Waals surface area contributed by atoms with E-state index in [2.05, 4.69) is 45.1 Å². The van der Waals surface area contributed by atoms with Crippen LogP contribution in [0.4, 0.5) is 0 Å². The molecule has 0 aromatic heterocycles. The molecule has 1 aromatic carbocycles. The summed E-state index contributed by atoms with van der Waals surface area (Å²) in [6, 6.07) is 10.3. The first-order chi connectivity index (χ1) is 8.65. The number of hydrogen-bond donors (Lipinski definition) is 1. The van der Waals surface area contributed by atoms with Crippen molar-refractivity contribution in [3.05, 3.63) is 42.0 Å². The molecule has 0 spiro atoms. The minimum Gasteiger partial charge on any atom is -0.393 e. The van der Waals surface area contributed by atoms with Gasteiger partial charge in [-0.15, -0.1) is 0 Å². The van der Waals surface area contributed by atoms with Crippen LogP contribution >= 0.6 is 0 Å². The maximum atomic E-state index is 10.2. The van der Waals surface area contributed by atoms with E-state index < -0.39 is 0 Å². The molecule has 0 heterocycles. The zero-order valence-electron chi connectivity index (χ0n) is 11.8. The van der Waals surface area contributed by atoms with Crippen molar-refractivity contribution in [2.24, 2.45) is 11.8 Å². The van der Waals surface area contributed by atoms with Crippen molar-refractivity contribution in [3.63, 3.8) is 0 Å². The molecule has 3 unspecified atom stereocenters. The average molecular weight is 246 g/mol. The molecule has 1 heteroatoms. The van der Waals surface area contributed by atoms with Crippen molar-refractivity contribution in [2.45, 2.75) is 46.1 Å². The maximum absolute atomic E-state index is 10.2. The molecule has 100 valence electrons. The molecule has 0 aliphatic carbocycles. The van der Waals surface area contributed by atoms with Gasteiger partial charge in [-0.25, -0.2) is 0 Å². The van der Waals surface area contributed by atoms with Crippen LogP contribution in [0.1, 0.15) is 45.6 Å². The standard InChI is InChI=1S/C17H26O/c1-4-9-14(2)17(18)15(3)10-8-13-16-11-6-5-7-12-16/h5-8,11-15,17-18H,4,9-10H2,1-3H3. The summed E-state index contributed by atoms with van der Waals surface area (Å²) >= 11 is 0. The molecule has 0 aliphatic rings. The third kappa shape index (κ3) is 5.05. The second-order valence-corrected chi connectivity index (χ2v) is 5.28. The van der Waals surface area contributed by atoms with Crippen LogP contribution in [-0.2, 0) is 0 Å². The highest BCUT2D eigenvalue weighted by Gasteiger charge is 2.19. The summed E-state index contributed by atoms with van der Waals surface area (Å²) in [6.45, 7) is 6.45. The molecule has 0 bridgehead atoms. The number of aliphatic hydroxyl groups excluding tert-OH is 1. The number of hydrogen-bond acceptors (Lipinski definition) is 1. The molecule has 1 N–H and O–H groups in total. The molecule has 0 saturated heterocycles. The van der Waals surface area contributed by atoms with Crippen molar-refractivity contribution in [1.29, 1.82) is 0 Å². The fraction of sp³-hybridized carbons (Fsp3) is 0.529. The predicted octanol–water partition coefficient (Wildman–Crippen LogP) is 4.52. The Hall–Kier alpha value is -1.08. The van der Waals surface area contributed by atoms with Crippen molar-refractivity contribution in [2.75, 3.05) is 0 Å². The second kappa shape index (κ2) is 8.10. The highest BCUT2D eigenvalue weighted by atomic mass is 16.3. The molecule has 1 nitrogen and oxygen atoms in total. The fourth-order valence-corrected chi connectivity index (χ4v) is 2.31. The van der Waals surface area contributed by atoms with Gasteiger partial charge in [0.25, 0.3) is 0 Å². The largest absolute Gasteiger partial charge is 0.393 e. The molecule has 0 fully saturated rings. The van der Waals surface area contributed by atoms with Crippen LogP contribution in [0.5, 0.6) is 0 Å². The number of allylic oxidation sites excluding steroid dienone is 1. The normalized spacial score (nSPS) is 16.7. The van der Waals surface area contributed by atoms with Crippen molar-refractivity contribution in [3.8, 4) is 0 Å². The van der Waals surface area contributed by atoms with Crippen LogP contribution in [0.25, 0.3) is 6.08 Å². The number of rotatable bonds is 7. The summed E-state index contributed by atoms with van der Waals surface area (Å²) in [5.74, 6) is 0.724. The quantitative estimate of drug-likeness (QED) is 0.749. The molecule has 1 rings (SSSR count). The molecule has 0 amide bonds. The summed E-state index contributed by atoms with van der Waals surface area (Å²) in [5, 5.41) is 10.2. The van der Waals surface area contributed by atoms with Gasteiger partial charge in [0.1, 0.15) is 0 Å². The van der Waals surface area contributed by atoms with E-state index in [0.717, 1.165) is 19.3 Å². The van der Waals surface area contributed by atoms with Crippen LogP contribution < -0.4 is 0 Å². The summed E-state index contributed by atoms with van der Waals surface area (Å²) < 4.78 is 0. The van der Waals surface area contributed by atoms with Gasteiger partial charge in [-0.3, -0.25) is 0 Å². The van der Waals surface area contributed by atoms with E-state index >= 15 is 0 Å². The van der Waals surface area contributed by atoms with Crippen LogP contribution in [0, 0.1) is 11.8 Å². The highest BCUT2D eigenvalue weighted by Crippen LogP contribution is 2.20. The molecule has 0 saturated carbocycles. The Morgan fingerprint density at radius 1 is 1.11 bits per heavy atom. The van der Waals surface area contributed by atoms with E-state index in [1.807, 2.05) is 18.2 Å². The van der Waals surface area contributed by atoms with E-state index in [0.29, 0.717) is 11.8 Å². The van der Waals surface area contributed by atoms with Gasteiger partial charge in [0.2, 0.25) is 0 Å². The van der Waals surface area contributed by atoms with Crippen LogP contribution in [-0.4, -0.2) is 11.2 Å². The lowest BCUT2D eigenvalue weighted by atomic mass is 9.88. The average Bonchev–Trinajstić information content (AvgIpc) is 2.39. The molecule has 0 radical (unpaired) electrons. The Morgan fingerprint density at radius 3 is 2.39 bits per heavy atom. The fourth-order valence-electron chi connectivity index (χ4n) is 2.31. The predicted molar refractivity (Wildman–Crippen MR) is 79.3 cm³/mol. The van der Waals surface area contributed by atoms with E-state index in [1.54, 1.807) is 0 Å². The monoisotopic (exact) mass is 246 g/mol. The van der Waals surface area contributed by atoms with Gasteiger partial charge < -0.3 is 5.11 Å². The van der Waals surface area contributed by atoms with Crippen molar-refractivity contribution >= 4 is 6.08 Å². The minimum absolute atomic E-state index is 0.189. The van der Waals surface area contributed by atoms with Crippen molar-refractivity contribution < 1.29 is 5.11 Å². The topological polar surface area (TPSA) is 20.2 Å². The van der Waals surface area contributed by atoms with Gasteiger partial charge >= 0.3 is 0 Å². The van der Waals surface area contributed by atoms with Crippen LogP contribution in [0.15, 0.2) is 36.4 Å². The van der Waals surface area contributed by atoms with Gasteiger partial charge in [-0.1, -0.05) is 69.7 Å². The highest BCUT2D eigenvalue weighted by molar-refractivity contribution is 5.48. The first kappa shape index (κ1) is 15.0. The van der Waals surface area contributed by atoms with E-state index in [-0.39, 0.29) is 6.10 Å². The second-order valence-electron chi connectivity index (χ2n) is 5.28. The molecule has 3 atom stereocenters. The van der Waals surface area contributed by atoms with Gasteiger partial charge in [-0.2, -0.15) is 0 Å². The molecular formula is C17H26O. The Morgan fingerprint density at radius 2 is 1.78 bits per heavy atom. The number of aliphatic hydroxyl groups is 1. The van der Waals surface area contributed by atoms with Gasteiger partial charge in [0.15, 0.2) is 0 Å². The smallest absolute Gasteiger partial charge is 0.0594 e. The van der Waals surface area contributed by atoms with Gasteiger partial charge in [-0.05, 0) is 30.2 Å². The van der Waals surface area contributed by atoms with E-state index in [1.165, 1.54) is 5.56 Å². The number of benzene rings is 1. The van der Waals surface area contributed by atoms with Gasteiger partial charge in [0, 0.05) is 0 Å². The lowest BCUT2D eigenvalue weighted by molar-refractivity contribution is 0.0620. The summed E-state index contributed by atoms with van der Waals surface area (Å²) in [5.41, 5.74) is 1.22. The first-order valence-electron chi connectivity index (χ1n) is 7.04. The minimum atomic E-state index is -0.189. The maximum Gasteiger partial charge on any atom is 0.0594 e. The Labute approximate surface area is 112 Å². The molecule has 0 aliphatic heterocycles. The Balaban J connectivity index is 2.41. The van der Waals surface area contributed by atoms with Crippen LogP contribution in [0.2, 0.25) is 0 Å². The lowest BCUT2D eigenvalue weighted by Crippen LogP contribution is -2.25. The van der Waals surface area contributed by atoms with E-state index in [4.69, 9.17) is 0 Å². The SMILES string of the molecule is CCCC(C)C(O)C(C)CC=Cc1ccccc1. The Kier molecular flexibility index (Phi) is 6.74. The van der Waals surface area contributed by atoms with E-state index in [9.17, 15) is 5.11 Å². The summed E-state index contributed by atoms with van der Waals surface area (Å²) in [7, 11) is 0. The third-order valence-corrected chi connectivity index (χ3v) is 3.53. The zero-order chi connectivity index (χ0) is 13.4. The molecule has 1 aromatic rings. The summed E-state index contributed by atoms with van der Waals surface area (Å²) in [4.78, 5) is 0. The third-order valence-electron chi connectivity index (χ3n) is 3.53. The Bertz CT molecular complexity index is 342. The van der Waals surface area contributed by atoms with Crippen molar-refractivity contribution in [1.82, 2.24) is 0 Å². The molecule has 18 heavy (non-hydrogen) atoms. The molecular weight excluding hydrogens is 220 g/mol. The van der Waals surface area contributed by atoms with Crippen LogP contribution in [0.3, 0.4) is 0 Å². The van der Waals surface area contributed by atoms with Gasteiger partial charge in [0.05, 0.1) is 6.10 Å². The first-order valence-corrected chi connectivity index (χ1v) is 7.04. The summed E-state index contributed by atoms with van der Waals surface area (Å²) in [6.07, 6.45) is 7.30. The zero-order valence-corrected chi connectivity index (χ0v) is 11.8. The lowest BCUT2D eigenvalue weighted by Gasteiger charge is -2.23.